The van der Waals surface area contributed by atoms with Gasteiger partial charge in [-0.2, -0.15) is 0 Å². The minimum absolute atomic E-state index is 0.175. The van der Waals surface area contributed by atoms with Gasteiger partial charge in [-0.3, -0.25) is 4.79 Å². The number of carbonyl (C=O) groups excluding carboxylic acids is 1. The smallest absolute Gasteiger partial charge is 0.234 e. The summed E-state index contributed by atoms with van der Waals surface area (Å²) in [7, 11) is 0. The first kappa shape index (κ1) is 13.4. The third kappa shape index (κ3) is 4.08. The summed E-state index contributed by atoms with van der Waals surface area (Å²) >= 11 is 0. The summed E-state index contributed by atoms with van der Waals surface area (Å²) < 4.78 is 0. The monoisotopic (exact) mass is 230 g/mol. The first-order valence-corrected chi connectivity index (χ1v) is 5.89. The summed E-state index contributed by atoms with van der Waals surface area (Å²) in [5.41, 5.74) is -0.877. The summed E-state index contributed by atoms with van der Waals surface area (Å²) in [6.07, 6.45) is 3.01. The molecule has 1 aliphatic carbocycles. The molecule has 0 bridgehead atoms. The predicted molar refractivity (Wildman–Crippen MR) is 60.9 cm³/mol. The molecule has 0 aliphatic heterocycles. The van der Waals surface area contributed by atoms with Gasteiger partial charge in [0.1, 0.15) is 0 Å². The quantitative estimate of drug-likeness (QED) is 0.441. The average molecular weight is 230 g/mol. The predicted octanol–water partition coefficient (Wildman–Crippen LogP) is -0.764. The average Bonchev–Trinajstić information content (AvgIpc) is 3.10. The van der Waals surface area contributed by atoms with Crippen LogP contribution in [0.4, 0.5) is 0 Å². The van der Waals surface area contributed by atoms with Crippen molar-refractivity contribution >= 4 is 5.91 Å². The Morgan fingerprint density at radius 1 is 1.38 bits per heavy atom. The van der Waals surface area contributed by atoms with E-state index in [0.29, 0.717) is 6.42 Å². The van der Waals surface area contributed by atoms with Gasteiger partial charge in [-0.15, -0.1) is 0 Å². The molecule has 0 spiro atoms. The first-order chi connectivity index (χ1) is 7.65. The van der Waals surface area contributed by atoms with Crippen LogP contribution in [0.3, 0.4) is 0 Å². The van der Waals surface area contributed by atoms with Gasteiger partial charge < -0.3 is 20.8 Å². The first-order valence-electron chi connectivity index (χ1n) is 5.89. The highest BCUT2D eigenvalue weighted by atomic mass is 16.3. The van der Waals surface area contributed by atoms with Crippen LogP contribution in [0.15, 0.2) is 0 Å². The van der Waals surface area contributed by atoms with Crippen LogP contribution < -0.4 is 10.6 Å². The lowest BCUT2D eigenvalue weighted by Gasteiger charge is -2.29. The van der Waals surface area contributed by atoms with Gasteiger partial charge in [-0.25, -0.2) is 0 Å². The number of aliphatic hydroxyl groups excluding tert-OH is 2. The van der Waals surface area contributed by atoms with Crippen LogP contribution in [0.5, 0.6) is 0 Å². The van der Waals surface area contributed by atoms with Crippen molar-refractivity contribution in [1.82, 2.24) is 10.6 Å². The molecule has 1 fully saturated rings. The van der Waals surface area contributed by atoms with Gasteiger partial charge in [0.25, 0.3) is 0 Å². The molecule has 1 amide bonds. The number of nitrogens with one attached hydrogen (secondary N) is 2. The lowest BCUT2D eigenvalue weighted by atomic mass is 9.98. The number of hydrogen-bond acceptors (Lipinski definition) is 4. The van der Waals surface area contributed by atoms with Crippen LogP contribution in [0.25, 0.3) is 0 Å². The molecule has 1 rings (SSSR count). The Kier molecular flexibility index (Phi) is 5.18. The molecule has 0 heterocycles. The lowest BCUT2D eigenvalue weighted by Crippen LogP contribution is -2.55. The van der Waals surface area contributed by atoms with Gasteiger partial charge in [-0.05, 0) is 31.7 Å². The second kappa shape index (κ2) is 6.18. The summed E-state index contributed by atoms with van der Waals surface area (Å²) in [6.45, 7) is 2.47. The highest BCUT2D eigenvalue weighted by Crippen LogP contribution is 2.27. The van der Waals surface area contributed by atoms with Crippen molar-refractivity contribution in [2.45, 2.75) is 31.7 Å². The summed E-state index contributed by atoms with van der Waals surface area (Å²) in [6, 6.07) is 0. The van der Waals surface area contributed by atoms with E-state index in [4.69, 9.17) is 10.2 Å². The summed E-state index contributed by atoms with van der Waals surface area (Å²) in [4.78, 5) is 11.5. The molecule has 0 aromatic rings. The zero-order valence-corrected chi connectivity index (χ0v) is 9.83. The number of amides is 1. The maximum Gasteiger partial charge on any atom is 0.234 e. The second-order valence-electron chi connectivity index (χ2n) is 4.57. The normalized spacial score (nSPS) is 16.2. The van der Waals surface area contributed by atoms with Crippen LogP contribution in [0.1, 0.15) is 26.2 Å². The van der Waals surface area contributed by atoms with Gasteiger partial charge in [0, 0.05) is 0 Å². The van der Waals surface area contributed by atoms with E-state index in [1.165, 1.54) is 12.8 Å². The maximum atomic E-state index is 11.5. The fraction of sp³-hybridized carbons (Fsp3) is 0.909. The van der Waals surface area contributed by atoms with Crippen LogP contribution in [-0.2, 0) is 4.79 Å². The molecule has 16 heavy (non-hydrogen) atoms. The van der Waals surface area contributed by atoms with E-state index >= 15 is 0 Å². The summed E-state index contributed by atoms with van der Waals surface area (Å²) in [5, 5.41) is 24.0. The largest absolute Gasteiger partial charge is 0.394 e. The Morgan fingerprint density at radius 3 is 2.44 bits per heavy atom. The third-order valence-electron chi connectivity index (χ3n) is 3.10. The van der Waals surface area contributed by atoms with Gasteiger partial charge >= 0.3 is 0 Å². The van der Waals surface area contributed by atoms with Gasteiger partial charge in [0.05, 0.1) is 25.3 Å². The van der Waals surface area contributed by atoms with E-state index in [1.807, 2.05) is 6.92 Å². The number of aliphatic hydroxyl groups is 2. The Bertz CT molecular complexity index is 217. The third-order valence-corrected chi connectivity index (χ3v) is 3.10. The van der Waals surface area contributed by atoms with Crippen LogP contribution in [0.2, 0.25) is 0 Å². The molecule has 0 radical (unpaired) electrons. The van der Waals surface area contributed by atoms with Crippen molar-refractivity contribution in [2.24, 2.45) is 5.92 Å². The molecule has 0 atom stereocenters. The fourth-order valence-electron chi connectivity index (χ4n) is 1.49. The van der Waals surface area contributed by atoms with E-state index in [9.17, 15) is 4.79 Å². The second-order valence-corrected chi connectivity index (χ2v) is 4.57. The van der Waals surface area contributed by atoms with Gasteiger partial charge in [-0.1, -0.05) is 6.92 Å². The molecule has 0 unspecified atom stereocenters. The van der Waals surface area contributed by atoms with Gasteiger partial charge in [0.15, 0.2) is 0 Å². The molecule has 94 valence electrons. The van der Waals surface area contributed by atoms with Crippen LogP contribution in [0, 0.1) is 5.92 Å². The summed E-state index contributed by atoms with van der Waals surface area (Å²) in [5.74, 6) is 0.560. The van der Waals surface area contributed by atoms with Crippen molar-refractivity contribution in [3.63, 3.8) is 0 Å². The van der Waals surface area contributed by atoms with E-state index < -0.39 is 5.54 Å². The Balaban J connectivity index is 2.23. The Labute approximate surface area is 96.2 Å². The number of hydrogen-bond donors (Lipinski definition) is 4. The number of carbonyl (C=O) groups is 1. The molecule has 1 aliphatic rings. The highest BCUT2D eigenvalue weighted by Gasteiger charge is 2.28. The van der Waals surface area contributed by atoms with Crippen molar-refractivity contribution in [1.29, 1.82) is 0 Å². The Hall–Kier alpha value is -0.650. The van der Waals surface area contributed by atoms with E-state index in [2.05, 4.69) is 10.6 Å². The molecular weight excluding hydrogens is 208 g/mol. The van der Waals surface area contributed by atoms with Crippen molar-refractivity contribution in [2.75, 3.05) is 26.3 Å². The molecule has 0 aromatic carbocycles. The molecule has 5 nitrogen and oxygen atoms in total. The molecule has 0 aromatic heterocycles. The minimum Gasteiger partial charge on any atom is -0.394 e. The molecular formula is C11H22N2O3. The van der Waals surface area contributed by atoms with E-state index in [1.54, 1.807) is 0 Å². The molecule has 5 heteroatoms. The SMILES string of the molecule is CCC(CO)(CO)NC(=O)CNCC1CC1. The fourth-order valence-corrected chi connectivity index (χ4v) is 1.49. The molecule has 4 N–H and O–H groups in total. The molecule has 0 saturated heterocycles. The van der Waals surface area contributed by atoms with Crippen molar-refractivity contribution in [3.05, 3.63) is 0 Å². The van der Waals surface area contributed by atoms with Crippen LogP contribution in [-0.4, -0.2) is 48.0 Å². The highest BCUT2D eigenvalue weighted by molar-refractivity contribution is 5.78. The standard InChI is InChI=1S/C11H22N2O3/c1-2-11(7-14,8-15)13-10(16)6-12-5-9-3-4-9/h9,12,14-15H,2-8H2,1H3,(H,13,16). The minimum atomic E-state index is -0.877. The van der Waals surface area contributed by atoms with Crippen molar-refractivity contribution < 1.29 is 15.0 Å². The van der Waals surface area contributed by atoms with Crippen molar-refractivity contribution in [3.8, 4) is 0 Å². The molecule has 1 saturated carbocycles. The number of rotatable bonds is 8. The lowest BCUT2D eigenvalue weighted by molar-refractivity contribution is -0.123. The Morgan fingerprint density at radius 2 is 2.00 bits per heavy atom. The zero-order chi connectivity index (χ0) is 12.0. The maximum absolute atomic E-state index is 11.5. The topological polar surface area (TPSA) is 81.6 Å². The van der Waals surface area contributed by atoms with Gasteiger partial charge in [0.2, 0.25) is 5.91 Å². The van der Waals surface area contributed by atoms with Crippen LogP contribution >= 0.6 is 0 Å². The van der Waals surface area contributed by atoms with E-state index in [0.717, 1.165) is 12.5 Å². The zero-order valence-electron chi connectivity index (χ0n) is 9.83. The van der Waals surface area contributed by atoms with E-state index in [-0.39, 0.29) is 25.7 Å².